The molecular weight excluding hydrogens is 586 g/mol. The minimum atomic E-state index is -6.86. The minimum absolute atomic E-state index is 0.164. The molecule has 0 atom stereocenters. The van der Waals surface area contributed by atoms with Gasteiger partial charge >= 0.3 is 17.1 Å². The summed E-state index contributed by atoms with van der Waals surface area (Å²) < 4.78 is 101. The Balaban J connectivity index is 0.000000237. The molecule has 5 aromatic carbocycles. The van der Waals surface area contributed by atoms with Crippen LogP contribution in [0.5, 0.6) is 0 Å². The Morgan fingerprint density at radius 1 is 0.585 bits per heavy atom. The third-order valence-corrected chi connectivity index (χ3v) is 9.37. The molecule has 0 aliphatic rings. The van der Waals surface area contributed by atoms with Crippen LogP contribution in [0.3, 0.4) is 0 Å². The van der Waals surface area contributed by atoms with Crippen molar-refractivity contribution >= 4 is 42.6 Å². The van der Waals surface area contributed by atoms with Gasteiger partial charge < -0.3 is 4.55 Å². The lowest BCUT2D eigenvalue weighted by Crippen LogP contribution is -2.56. The number of fused-ring (bicyclic) bond motifs is 2. The Morgan fingerprint density at radius 3 is 1.37 bits per heavy atom. The lowest BCUT2D eigenvalue weighted by Gasteiger charge is -2.31. The molecule has 5 aromatic rings. The fraction of sp³-hybridized carbons (Fsp3) is 0.133. The van der Waals surface area contributed by atoms with Crippen molar-refractivity contribution in [3.8, 4) is 0 Å². The summed E-state index contributed by atoms with van der Waals surface area (Å²) in [5, 5.41) is -1.09. The van der Waals surface area contributed by atoms with Gasteiger partial charge in [0.25, 0.3) is 0 Å². The molecule has 0 radical (unpaired) electrons. The maximum Gasteiger partial charge on any atom is 0.402 e. The van der Waals surface area contributed by atoms with E-state index >= 15 is 0 Å². The fourth-order valence-electron chi connectivity index (χ4n) is 4.09. The summed E-state index contributed by atoms with van der Waals surface area (Å²) in [7, 11) is -7.02. The molecular formula is C30H22F6O3S2. The van der Waals surface area contributed by atoms with Crippen molar-refractivity contribution < 1.29 is 39.3 Å². The molecule has 0 saturated heterocycles. The average Bonchev–Trinajstić information content (AvgIpc) is 2.93. The second-order valence-electron chi connectivity index (χ2n) is 9.01. The molecule has 3 nitrogen and oxygen atoms in total. The molecule has 0 heterocycles. The van der Waals surface area contributed by atoms with Gasteiger partial charge in [0.2, 0.25) is 0 Å². The SMILES string of the molecule is CC(F)(F)C(F)(F)C(F)(F)S(=O)(=O)[O-].c1ccc([S+](c2cccc3ccccc23)c2cccc3ccccc23)cc1. The molecule has 0 aliphatic heterocycles. The van der Waals surface area contributed by atoms with Gasteiger partial charge in [0.1, 0.15) is 10.9 Å². The Kier molecular flexibility index (Phi) is 8.45. The van der Waals surface area contributed by atoms with E-state index in [1.807, 2.05) is 0 Å². The van der Waals surface area contributed by atoms with Gasteiger partial charge in [-0.3, -0.25) is 0 Å². The number of rotatable bonds is 6. The summed E-state index contributed by atoms with van der Waals surface area (Å²) in [4.78, 5) is 4.12. The first-order valence-corrected chi connectivity index (χ1v) is 14.6. The molecule has 0 bridgehead atoms. The number of halogens is 6. The largest absolute Gasteiger partial charge is 0.743 e. The molecule has 0 aliphatic carbocycles. The molecule has 5 rings (SSSR count). The standard InChI is InChI=1S/C26H19S.C4H4F6O3S/c1-2-14-22(15-3-1)27(25-18-8-12-20-10-4-6-16-23(20)25)26-19-9-13-21-11-5-7-17-24(21)26;1-2(5,6)3(7,8)4(9,10)14(11,12)13/h1-19H;1H3,(H,11,12,13)/q+1;/p-1. The zero-order valence-electron chi connectivity index (χ0n) is 21.3. The van der Waals surface area contributed by atoms with Crippen molar-refractivity contribution in [1.82, 2.24) is 0 Å². The molecule has 41 heavy (non-hydrogen) atoms. The highest BCUT2D eigenvalue weighted by molar-refractivity contribution is 7.97. The third kappa shape index (κ3) is 5.93. The Bertz CT molecular complexity index is 1680. The van der Waals surface area contributed by atoms with Crippen LogP contribution < -0.4 is 0 Å². The van der Waals surface area contributed by atoms with Crippen LogP contribution in [-0.4, -0.2) is 30.1 Å². The predicted octanol–water partition coefficient (Wildman–Crippen LogP) is 8.50. The van der Waals surface area contributed by atoms with Crippen LogP contribution in [-0.2, 0) is 21.0 Å². The number of benzene rings is 5. The monoisotopic (exact) mass is 608 g/mol. The summed E-state index contributed by atoms with van der Waals surface area (Å²) in [5.74, 6) is -11.6. The summed E-state index contributed by atoms with van der Waals surface area (Å²) in [6, 6.07) is 41.7. The highest BCUT2D eigenvalue weighted by atomic mass is 32.2. The van der Waals surface area contributed by atoms with Gasteiger partial charge in [-0.05, 0) is 47.2 Å². The highest BCUT2D eigenvalue weighted by Gasteiger charge is 2.72. The van der Waals surface area contributed by atoms with Crippen molar-refractivity contribution in [3.63, 3.8) is 0 Å². The van der Waals surface area contributed by atoms with Crippen LogP contribution in [0.1, 0.15) is 6.92 Å². The fourth-order valence-corrected chi connectivity index (χ4v) is 7.00. The lowest BCUT2D eigenvalue weighted by atomic mass is 10.1. The van der Waals surface area contributed by atoms with E-state index in [9.17, 15) is 39.3 Å². The van der Waals surface area contributed by atoms with E-state index in [1.54, 1.807) is 0 Å². The van der Waals surface area contributed by atoms with Crippen LogP contribution in [0.25, 0.3) is 21.5 Å². The summed E-state index contributed by atoms with van der Waals surface area (Å²) in [6.45, 7) is -0.619. The van der Waals surface area contributed by atoms with E-state index in [0.717, 1.165) is 0 Å². The van der Waals surface area contributed by atoms with Crippen molar-refractivity contribution in [2.75, 3.05) is 0 Å². The number of hydrogen-bond donors (Lipinski definition) is 0. The summed E-state index contributed by atoms with van der Waals surface area (Å²) >= 11 is 0. The zero-order chi connectivity index (χ0) is 30.1. The molecule has 0 fully saturated rings. The number of alkyl halides is 6. The van der Waals surface area contributed by atoms with Crippen LogP contribution >= 0.6 is 0 Å². The van der Waals surface area contributed by atoms with Gasteiger partial charge in [-0.1, -0.05) is 78.9 Å². The molecule has 0 unspecified atom stereocenters. The molecule has 0 saturated carbocycles. The van der Waals surface area contributed by atoms with E-state index in [-0.39, 0.29) is 10.9 Å². The van der Waals surface area contributed by atoms with Crippen LogP contribution in [0, 0.1) is 0 Å². The Morgan fingerprint density at radius 2 is 0.976 bits per heavy atom. The van der Waals surface area contributed by atoms with Gasteiger partial charge in [0.05, 0.1) is 0 Å². The summed E-state index contributed by atoms with van der Waals surface area (Å²) in [5.41, 5.74) is 0. The summed E-state index contributed by atoms with van der Waals surface area (Å²) in [6.07, 6.45) is 0. The van der Waals surface area contributed by atoms with E-state index < -0.39 is 34.1 Å². The smallest absolute Gasteiger partial charge is 0.402 e. The van der Waals surface area contributed by atoms with E-state index in [0.29, 0.717) is 0 Å². The zero-order valence-corrected chi connectivity index (χ0v) is 22.9. The number of hydrogen-bond acceptors (Lipinski definition) is 3. The molecule has 0 N–H and O–H groups in total. The maximum atomic E-state index is 12.1. The van der Waals surface area contributed by atoms with E-state index in [4.69, 9.17) is 0 Å². The average molecular weight is 609 g/mol. The van der Waals surface area contributed by atoms with Crippen LogP contribution in [0.2, 0.25) is 0 Å². The second kappa shape index (κ2) is 11.4. The van der Waals surface area contributed by atoms with Gasteiger partial charge in [0, 0.05) is 17.7 Å². The highest BCUT2D eigenvalue weighted by Crippen LogP contribution is 2.47. The van der Waals surface area contributed by atoms with Crippen molar-refractivity contribution in [3.05, 3.63) is 115 Å². The van der Waals surface area contributed by atoms with Crippen molar-refractivity contribution in [2.24, 2.45) is 0 Å². The van der Waals surface area contributed by atoms with Crippen LogP contribution in [0.4, 0.5) is 26.3 Å². The van der Waals surface area contributed by atoms with Gasteiger partial charge in [-0.25, -0.2) is 8.42 Å². The van der Waals surface area contributed by atoms with Gasteiger partial charge in [0.15, 0.2) is 24.8 Å². The van der Waals surface area contributed by atoms with E-state index in [1.165, 1.54) is 36.2 Å². The van der Waals surface area contributed by atoms with Gasteiger partial charge in [-0.15, -0.1) is 0 Å². The maximum absolute atomic E-state index is 12.1. The van der Waals surface area contributed by atoms with Gasteiger partial charge in [-0.2, -0.15) is 26.3 Å². The second-order valence-corrected chi connectivity index (χ2v) is 12.4. The van der Waals surface area contributed by atoms with Crippen LogP contribution in [0.15, 0.2) is 130 Å². The molecule has 0 aromatic heterocycles. The predicted molar refractivity (Wildman–Crippen MR) is 147 cm³/mol. The lowest BCUT2D eigenvalue weighted by molar-refractivity contribution is -0.273. The molecule has 214 valence electrons. The van der Waals surface area contributed by atoms with E-state index in [2.05, 4.69) is 115 Å². The quantitative estimate of drug-likeness (QED) is 0.110. The molecule has 0 spiro atoms. The third-order valence-electron chi connectivity index (χ3n) is 6.15. The topological polar surface area (TPSA) is 57.2 Å². The molecule has 0 amide bonds. The first-order chi connectivity index (χ1) is 19.2. The normalized spacial score (nSPS) is 12.8. The first kappa shape index (κ1) is 30.4. The Hall–Kier alpha value is -3.54. The van der Waals surface area contributed by atoms with Crippen molar-refractivity contribution in [2.45, 2.75) is 38.7 Å². The minimum Gasteiger partial charge on any atom is -0.743 e. The molecule has 11 heteroatoms. The van der Waals surface area contributed by atoms with Crippen molar-refractivity contribution in [1.29, 1.82) is 0 Å². The Labute approximate surface area is 235 Å². The first-order valence-electron chi connectivity index (χ1n) is 12.0.